The molecule has 1 saturated carbocycles. The van der Waals surface area contributed by atoms with Crippen LogP contribution in [0.15, 0.2) is 0 Å². The van der Waals surface area contributed by atoms with Crippen LogP contribution in [0.2, 0.25) is 0 Å². The molecule has 0 aromatic carbocycles. The van der Waals surface area contributed by atoms with Crippen LogP contribution in [-0.4, -0.2) is 29.6 Å². The van der Waals surface area contributed by atoms with E-state index in [2.05, 4.69) is 5.32 Å². The summed E-state index contributed by atoms with van der Waals surface area (Å²) in [5, 5.41) is 11.6. The van der Waals surface area contributed by atoms with Gasteiger partial charge in [0.15, 0.2) is 0 Å². The second-order valence-electron chi connectivity index (χ2n) is 5.24. The maximum Gasteiger partial charge on any atom is 0.303 e. The third kappa shape index (κ3) is 5.04. The molecule has 1 amide bonds. The summed E-state index contributed by atoms with van der Waals surface area (Å²) in [5.41, 5.74) is 5.85. The Morgan fingerprint density at radius 2 is 2.17 bits per heavy atom. The normalized spacial score (nSPS) is 25.4. The first-order valence-corrected chi connectivity index (χ1v) is 6.78. The highest BCUT2D eigenvalue weighted by Crippen LogP contribution is 2.23. The van der Waals surface area contributed by atoms with Gasteiger partial charge in [0.1, 0.15) is 0 Å². The molecule has 1 aliphatic rings. The number of hydrogen-bond acceptors (Lipinski definition) is 3. The van der Waals surface area contributed by atoms with Gasteiger partial charge in [-0.1, -0.05) is 19.8 Å². The molecule has 0 radical (unpaired) electrons. The minimum atomic E-state index is -0.809. The molecule has 104 valence electrons. The second-order valence-corrected chi connectivity index (χ2v) is 5.24. The molecule has 3 unspecified atom stereocenters. The second kappa shape index (κ2) is 7.36. The Hall–Kier alpha value is -1.10. The van der Waals surface area contributed by atoms with Crippen LogP contribution < -0.4 is 11.1 Å². The van der Waals surface area contributed by atoms with Crippen molar-refractivity contribution in [3.05, 3.63) is 0 Å². The van der Waals surface area contributed by atoms with Crippen molar-refractivity contribution in [3.8, 4) is 0 Å². The van der Waals surface area contributed by atoms with Crippen LogP contribution in [0.3, 0.4) is 0 Å². The van der Waals surface area contributed by atoms with Gasteiger partial charge in [-0.05, 0) is 25.2 Å². The summed E-state index contributed by atoms with van der Waals surface area (Å²) in [4.78, 5) is 22.6. The number of carboxylic acid groups (broad SMARTS) is 1. The fraction of sp³-hybridized carbons (Fsp3) is 0.846. The lowest BCUT2D eigenvalue weighted by Crippen LogP contribution is -2.39. The molecular weight excluding hydrogens is 232 g/mol. The summed E-state index contributed by atoms with van der Waals surface area (Å²) in [6.45, 7) is 2.39. The number of rotatable bonds is 6. The first-order chi connectivity index (χ1) is 8.52. The van der Waals surface area contributed by atoms with Gasteiger partial charge in [0.2, 0.25) is 5.91 Å². The fourth-order valence-corrected chi connectivity index (χ4v) is 2.46. The fourth-order valence-electron chi connectivity index (χ4n) is 2.46. The lowest BCUT2D eigenvalue weighted by atomic mass is 9.85. The van der Waals surface area contributed by atoms with Gasteiger partial charge in [0.25, 0.3) is 0 Å². The number of carbonyl (C=O) groups excluding carboxylic acids is 1. The van der Waals surface area contributed by atoms with E-state index < -0.39 is 5.97 Å². The molecule has 0 aromatic heterocycles. The molecule has 0 saturated heterocycles. The van der Waals surface area contributed by atoms with E-state index in [1.54, 1.807) is 0 Å². The van der Waals surface area contributed by atoms with Crippen molar-refractivity contribution < 1.29 is 14.7 Å². The van der Waals surface area contributed by atoms with Crippen LogP contribution in [0, 0.1) is 11.8 Å². The summed E-state index contributed by atoms with van der Waals surface area (Å²) in [6, 6.07) is 0.135. The van der Waals surface area contributed by atoms with Crippen molar-refractivity contribution in [2.75, 3.05) is 6.54 Å². The van der Waals surface area contributed by atoms with Gasteiger partial charge in [0.05, 0.1) is 0 Å². The molecule has 0 heterocycles. The van der Waals surface area contributed by atoms with Gasteiger partial charge in [-0.25, -0.2) is 0 Å². The molecule has 0 spiro atoms. The molecule has 0 aromatic rings. The Kier molecular flexibility index (Phi) is 6.12. The van der Waals surface area contributed by atoms with Crippen molar-refractivity contribution in [3.63, 3.8) is 0 Å². The third-order valence-electron chi connectivity index (χ3n) is 3.69. The molecule has 3 atom stereocenters. The predicted octanol–water partition coefficient (Wildman–Crippen LogP) is 1.12. The maximum absolute atomic E-state index is 11.9. The number of amides is 1. The summed E-state index contributed by atoms with van der Waals surface area (Å²) in [6.07, 6.45) is 4.53. The maximum atomic E-state index is 11.9. The Labute approximate surface area is 108 Å². The summed E-state index contributed by atoms with van der Waals surface area (Å²) < 4.78 is 0. The zero-order valence-corrected chi connectivity index (χ0v) is 11.0. The monoisotopic (exact) mass is 256 g/mol. The van der Waals surface area contributed by atoms with Gasteiger partial charge in [-0.2, -0.15) is 0 Å². The molecule has 5 heteroatoms. The zero-order chi connectivity index (χ0) is 13.5. The average Bonchev–Trinajstić information content (AvgIpc) is 2.33. The van der Waals surface area contributed by atoms with Crippen LogP contribution in [-0.2, 0) is 9.59 Å². The molecule has 1 fully saturated rings. The topological polar surface area (TPSA) is 92.4 Å². The van der Waals surface area contributed by atoms with Gasteiger partial charge < -0.3 is 16.2 Å². The number of carbonyl (C=O) groups is 2. The molecule has 18 heavy (non-hydrogen) atoms. The summed E-state index contributed by atoms with van der Waals surface area (Å²) >= 11 is 0. The molecule has 1 aliphatic carbocycles. The van der Waals surface area contributed by atoms with Crippen molar-refractivity contribution in [1.82, 2.24) is 5.32 Å². The summed E-state index contributed by atoms with van der Waals surface area (Å²) in [7, 11) is 0. The van der Waals surface area contributed by atoms with Crippen LogP contribution in [0.4, 0.5) is 0 Å². The van der Waals surface area contributed by atoms with E-state index in [-0.39, 0.29) is 30.2 Å². The van der Waals surface area contributed by atoms with Crippen molar-refractivity contribution in [2.45, 2.75) is 51.5 Å². The van der Waals surface area contributed by atoms with Crippen molar-refractivity contribution in [2.24, 2.45) is 17.6 Å². The Morgan fingerprint density at radius 1 is 1.44 bits per heavy atom. The molecule has 1 rings (SSSR count). The van der Waals surface area contributed by atoms with Crippen LogP contribution in [0.1, 0.15) is 45.4 Å². The van der Waals surface area contributed by atoms with Gasteiger partial charge >= 0.3 is 5.97 Å². The van der Waals surface area contributed by atoms with Gasteiger partial charge in [-0.15, -0.1) is 0 Å². The number of hydrogen-bond donors (Lipinski definition) is 3. The number of aliphatic carboxylic acids is 1. The van der Waals surface area contributed by atoms with E-state index in [4.69, 9.17) is 10.8 Å². The van der Waals surface area contributed by atoms with E-state index in [1.807, 2.05) is 6.92 Å². The largest absolute Gasteiger partial charge is 0.481 e. The van der Waals surface area contributed by atoms with Gasteiger partial charge in [0, 0.05) is 24.9 Å². The van der Waals surface area contributed by atoms with E-state index >= 15 is 0 Å². The van der Waals surface area contributed by atoms with Gasteiger partial charge in [-0.3, -0.25) is 9.59 Å². The third-order valence-corrected chi connectivity index (χ3v) is 3.69. The first-order valence-electron chi connectivity index (χ1n) is 6.78. The minimum absolute atomic E-state index is 0.0103. The predicted molar refractivity (Wildman–Crippen MR) is 69.0 cm³/mol. The molecule has 4 N–H and O–H groups in total. The minimum Gasteiger partial charge on any atom is -0.481 e. The first kappa shape index (κ1) is 15.0. The number of nitrogens with one attached hydrogen (secondary N) is 1. The van der Waals surface area contributed by atoms with Crippen LogP contribution in [0.25, 0.3) is 0 Å². The van der Waals surface area contributed by atoms with Crippen LogP contribution >= 0.6 is 0 Å². The Morgan fingerprint density at radius 3 is 2.72 bits per heavy atom. The zero-order valence-electron chi connectivity index (χ0n) is 11.0. The Bertz CT molecular complexity index is 294. The van der Waals surface area contributed by atoms with E-state index in [9.17, 15) is 9.59 Å². The highest BCUT2D eigenvalue weighted by Gasteiger charge is 2.25. The lowest BCUT2D eigenvalue weighted by molar-refractivity contribution is -0.138. The Balaban J connectivity index is 2.32. The van der Waals surface area contributed by atoms with Crippen molar-refractivity contribution >= 4 is 11.9 Å². The highest BCUT2D eigenvalue weighted by molar-refractivity contribution is 5.78. The van der Waals surface area contributed by atoms with Crippen molar-refractivity contribution in [1.29, 1.82) is 0 Å². The number of nitrogens with two attached hydrogens (primary N) is 1. The SMILES string of the molecule is CCC(CNC(=O)C1CCCC(N)C1)CC(=O)O. The van der Waals surface area contributed by atoms with Crippen LogP contribution in [0.5, 0.6) is 0 Å². The highest BCUT2D eigenvalue weighted by atomic mass is 16.4. The lowest BCUT2D eigenvalue weighted by Gasteiger charge is -2.26. The average molecular weight is 256 g/mol. The quantitative estimate of drug-likeness (QED) is 0.664. The standard InChI is InChI=1S/C13H24N2O3/c1-2-9(6-12(16)17)8-15-13(18)10-4-3-5-11(14)7-10/h9-11H,2-8,14H2,1H3,(H,15,18)(H,16,17). The molecule has 5 nitrogen and oxygen atoms in total. The summed E-state index contributed by atoms with van der Waals surface area (Å²) in [5.74, 6) is -0.746. The molecule has 0 aliphatic heterocycles. The van der Waals surface area contributed by atoms with E-state index in [1.165, 1.54) is 0 Å². The van der Waals surface area contributed by atoms with E-state index in [0.29, 0.717) is 6.54 Å². The number of carboxylic acids is 1. The molecular formula is C13H24N2O3. The molecule has 0 bridgehead atoms. The van der Waals surface area contributed by atoms with E-state index in [0.717, 1.165) is 32.1 Å². The smallest absolute Gasteiger partial charge is 0.303 e.